The van der Waals surface area contributed by atoms with Crippen LogP contribution in [0.1, 0.15) is 28.3 Å². The number of carbonyl (C=O) groups excluding carboxylic acids is 1. The van der Waals surface area contributed by atoms with E-state index in [0.29, 0.717) is 30.9 Å². The predicted molar refractivity (Wildman–Crippen MR) is 110 cm³/mol. The monoisotopic (exact) mass is 409 g/mol. The van der Waals surface area contributed by atoms with Crippen molar-refractivity contribution < 1.29 is 19.0 Å². The molecule has 1 aromatic heterocycles. The maximum atomic E-state index is 13.1. The molecule has 1 amide bonds. The van der Waals surface area contributed by atoms with Gasteiger partial charge in [0, 0.05) is 37.0 Å². The molecule has 1 saturated heterocycles. The second-order valence-corrected chi connectivity index (χ2v) is 7.51. The maximum absolute atomic E-state index is 13.1. The van der Waals surface area contributed by atoms with Crippen molar-refractivity contribution in [2.45, 2.75) is 25.0 Å². The highest BCUT2D eigenvalue weighted by atomic mass is 19.1. The van der Waals surface area contributed by atoms with E-state index in [2.05, 4.69) is 5.10 Å². The minimum absolute atomic E-state index is 0.0233. The molecule has 6 nitrogen and oxygen atoms in total. The number of carbonyl (C=O) groups is 1. The molecule has 1 N–H and O–H groups in total. The topological polar surface area (TPSA) is 67.6 Å². The molecule has 4 rings (SSSR count). The van der Waals surface area contributed by atoms with Crippen LogP contribution in [0.3, 0.4) is 0 Å². The summed E-state index contributed by atoms with van der Waals surface area (Å²) in [5.74, 6) is 0.552. The van der Waals surface area contributed by atoms with Gasteiger partial charge in [-0.2, -0.15) is 5.10 Å². The van der Waals surface area contributed by atoms with Crippen molar-refractivity contribution in [2.24, 2.45) is 0 Å². The summed E-state index contributed by atoms with van der Waals surface area (Å²) in [5, 5.41) is 14.1. The van der Waals surface area contributed by atoms with Gasteiger partial charge in [-0.05, 0) is 54.4 Å². The highest BCUT2D eigenvalue weighted by molar-refractivity contribution is 5.94. The maximum Gasteiger partial charge on any atom is 0.253 e. The first-order valence-corrected chi connectivity index (χ1v) is 10.0. The van der Waals surface area contributed by atoms with E-state index in [1.54, 1.807) is 59.5 Å². The van der Waals surface area contributed by atoms with Gasteiger partial charge in [0.05, 0.1) is 6.54 Å². The number of rotatable bonds is 7. The number of aliphatic hydroxyl groups excluding tert-OH is 1. The van der Waals surface area contributed by atoms with Gasteiger partial charge in [-0.3, -0.25) is 9.48 Å². The molecule has 2 unspecified atom stereocenters. The minimum atomic E-state index is -0.681. The van der Waals surface area contributed by atoms with Gasteiger partial charge in [0.15, 0.2) is 0 Å². The second-order valence-electron chi connectivity index (χ2n) is 7.51. The molecule has 1 aliphatic heterocycles. The van der Waals surface area contributed by atoms with Crippen LogP contribution in [0, 0.1) is 5.82 Å². The van der Waals surface area contributed by atoms with Crippen molar-refractivity contribution in [2.75, 3.05) is 19.7 Å². The first-order valence-electron chi connectivity index (χ1n) is 10.0. The SMILES string of the molecule is O=C(c1ccc(OCC(O)Cn2cccn2)cc1)N1CCC(c2ccc(F)cc2)C1. The molecule has 156 valence electrons. The summed E-state index contributed by atoms with van der Waals surface area (Å²) in [6.07, 6.45) is 3.63. The smallest absolute Gasteiger partial charge is 0.253 e. The zero-order valence-electron chi connectivity index (χ0n) is 16.5. The molecule has 1 aliphatic rings. The molecule has 30 heavy (non-hydrogen) atoms. The van der Waals surface area contributed by atoms with Crippen molar-refractivity contribution in [3.63, 3.8) is 0 Å². The van der Waals surface area contributed by atoms with Crippen LogP contribution in [0.5, 0.6) is 5.75 Å². The van der Waals surface area contributed by atoms with E-state index >= 15 is 0 Å². The Bertz CT molecular complexity index is 958. The molecule has 0 radical (unpaired) electrons. The Labute approximate surface area is 174 Å². The first-order chi connectivity index (χ1) is 14.6. The standard InChI is InChI=1S/C23H24FN3O3/c24-20-6-2-17(3-7-20)19-10-13-26(14-19)23(29)18-4-8-22(9-5-18)30-16-21(28)15-27-12-1-11-25-27/h1-9,11-12,19,21,28H,10,13-16H2. The third-order valence-electron chi connectivity index (χ3n) is 5.32. The molecule has 0 bridgehead atoms. The minimum Gasteiger partial charge on any atom is -0.491 e. The van der Waals surface area contributed by atoms with E-state index < -0.39 is 6.10 Å². The molecule has 1 fully saturated rings. The van der Waals surface area contributed by atoms with E-state index in [0.717, 1.165) is 12.0 Å². The Morgan fingerprint density at radius 1 is 1.20 bits per heavy atom. The van der Waals surface area contributed by atoms with Crippen molar-refractivity contribution in [1.29, 1.82) is 0 Å². The van der Waals surface area contributed by atoms with Gasteiger partial charge in [0.1, 0.15) is 24.3 Å². The molecule has 0 spiro atoms. The molecule has 2 heterocycles. The lowest BCUT2D eigenvalue weighted by atomic mass is 9.99. The van der Waals surface area contributed by atoms with Crippen molar-refractivity contribution in [1.82, 2.24) is 14.7 Å². The number of halogens is 1. The largest absolute Gasteiger partial charge is 0.491 e. The number of hydrogen-bond acceptors (Lipinski definition) is 4. The average molecular weight is 409 g/mol. The van der Waals surface area contributed by atoms with Crippen LogP contribution in [0.4, 0.5) is 4.39 Å². The zero-order chi connectivity index (χ0) is 20.9. The number of ether oxygens (including phenoxy) is 1. The number of hydrogen-bond donors (Lipinski definition) is 1. The molecular weight excluding hydrogens is 385 g/mol. The molecule has 7 heteroatoms. The van der Waals surface area contributed by atoms with Gasteiger partial charge in [-0.15, -0.1) is 0 Å². The highest BCUT2D eigenvalue weighted by Crippen LogP contribution is 2.28. The van der Waals surface area contributed by atoms with E-state index in [1.165, 1.54) is 12.1 Å². The molecule has 0 aliphatic carbocycles. The van der Waals surface area contributed by atoms with Crippen molar-refractivity contribution in [3.8, 4) is 5.75 Å². The lowest BCUT2D eigenvalue weighted by Crippen LogP contribution is -2.28. The van der Waals surface area contributed by atoms with Crippen LogP contribution in [-0.2, 0) is 6.54 Å². The van der Waals surface area contributed by atoms with Gasteiger partial charge in [-0.25, -0.2) is 4.39 Å². The number of aliphatic hydroxyl groups is 1. The summed E-state index contributed by atoms with van der Waals surface area (Å²) in [6.45, 7) is 1.80. The van der Waals surface area contributed by atoms with Gasteiger partial charge in [0.25, 0.3) is 5.91 Å². The fourth-order valence-electron chi connectivity index (χ4n) is 3.70. The van der Waals surface area contributed by atoms with Crippen LogP contribution in [0.15, 0.2) is 67.0 Å². The summed E-state index contributed by atoms with van der Waals surface area (Å²) in [6, 6.07) is 15.3. The number of likely N-dealkylation sites (tertiary alicyclic amines) is 1. The highest BCUT2D eigenvalue weighted by Gasteiger charge is 2.28. The van der Waals surface area contributed by atoms with Gasteiger partial charge in [0.2, 0.25) is 0 Å². The molecule has 0 saturated carbocycles. The summed E-state index contributed by atoms with van der Waals surface area (Å²) in [5.41, 5.74) is 1.66. The van der Waals surface area contributed by atoms with Gasteiger partial charge < -0.3 is 14.7 Å². The second kappa shape index (κ2) is 9.09. The van der Waals surface area contributed by atoms with Crippen LogP contribution < -0.4 is 4.74 Å². The average Bonchev–Trinajstić information content (AvgIpc) is 3.45. The predicted octanol–water partition coefficient (Wildman–Crippen LogP) is 3.09. The van der Waals surface area contributed by atoms with E-state index in [9.17, 15) is 14.3 Å². The summed E-state index contributed by atoms with van der Waals surface area (Å²) >= 11 is 0. The lowest BCUT2D eigenvalue weighted by Gasteiger charge is -2.17. The number of nitrogens with zero attached hydrogens (tertiary/aromatic N) is 3. The fourth-order valence-corrected chi connectivity index (χ4v) is 3.70. The van der Waals surface area contributed by atoms with Gasteiger partial charge in [-0.1, -0.05) is 12.1 Å². The first kappa shape index (κ1) is 20.1. The number of benzene rings is 2. The Balaban J connectivity index is 1.29. The van der Waals surface area contributed by atoms with Gasteiger partial charge >= 0.3 is 0 Å². The zero-order valence-corrected chi connectivity index (χ0v) is 16.5. The third kappa shape index (κ3) is 4.86. The number of amides is 1. The summed E-state index contributed by atoms with van der Waals surface area (Å²) in [4.78, 5) is 14.6. The summed E-state index contributed by atoms with van der Waals surface area (Å²) < 4.78 is 20.4. The molecule has 2 aromatic carbocycles. The van der Waals surface area contributed by atoms with Crippen molar-refractivity contribution >= 4 is 5.91 Å². The van der Waals surface area contributed by atoms with Crippen LogP contribution in [-0.4, -0.2) is 51.5 Å². The molecular formula is C23H24FN3O3. The molecule has 3 aromatic rings. The van der Waals surface area contributed by atoms with E-state index in [-0.39, 0.29) is 24.2 Å². The fraction of sp³-hybridized carbons (Fsp3) is 0.304. The van der Waals surface area contributed by atoms with E-state index in [4.69, 9.17) is 4.74 Å². The Kier molecular flexibility index (Phi) is 6.09. The Morgan fingerprint density at radius 2 is 1.97 bits per heavy atom. The van der Waals surface area contributed by atoms with Crippen LogP contribution in [0.25, 0.3) is 0 Å². The number of aromatic nitrogens is 2. The van der Waals surface area contributed by atoms with E-state index in [1.807, 2.05) is 4.90 Å². The third-order valence-corrected chi connectivity index (χ3v) is 5.32. The quantitative estimate of drug-likeness (QED) is 0.651. The Morgan fingerprint density at radius 3 is 2.67 bits per heavy atom. The van der Waals surface area contributed by atoms with Crippen molar-refractivity contribution in [3.05, 3.63) is 83.9 Å². The molecule has 2 atom stereocenters. The lowest BCUT2D eigenvalue weighted by molar-refractivity contribution is 0.0789. The van der Waals surface area contributed by atoms with Crippen LogP contribution >= 0.6 is 0 Å². The summed E-state index contributed by atoms with van der Waals surface area (Å²) in [7, 11) is 0. The normalized spacial score (nSPS) is 17.1. The Hall–Kier alpha value is -3.19. The van der Waals surface area contributed by atoms with Crippen LogP contribution in [0.2, 0.25) is 0 Å².